The van der Waals surface area contributed by atoms with Crippen LogP contribution in [0, 0.1) is 0 Å². The number of nitrogens with zero attached hydrogens (tertiary/aromatic N) is 3. The van der Waals surface area contributed by atoms with Crippen LogP contribution in [0.3, 0.4) is 0 Å². The first kappa shape index (κ1) is 19.8. The Hall–Kier alpha value is -3.15. The molecular formula is C24H17Cl2N3O2. The monoisotopic (exact) mass is 449 g/mol. The van der Waals surface area contributed by atoms with Crippen molar-refractivity contribution in [3.8, 4) is 17.2 Å². The number of hydrogen-bond acceptors (Lipinski definition) is 5. The molecule has 0 aliphatic carbocycles. The summed E-state index contributed by atoms with van der Waals surface area (Å²) in [7, 11) is 0. The number of halogens is 2. The number of fused-ring (bicyclic) bond motifs is 1. The lowest BCUT2D eigenvalue weighted by Crippen LogP contribution is -2.30. The van der Waals surface area contributed by atoms with Gasteiger partial charge in [-0.1, -0.05) is 58.7 Å². The zero-order valence-electron chi connectivity index (χ0n) is 16.3. The molecule has 2 atom stereocenters. The SMILES string of the molecule is Clc1ccc(C=NC2Oc3ccccc3CC2c2noc(-c3ccc(Cl)cc3)n2)cc1. The summed E-state index contributed by atoms with van der Waals surface area (Å²) in [6, 6.07) is 22.7. The summed E-state index contributed by atoms with van der Waals surface area (Å²) in [5.41, 5.74) is 2.82. The van der Waals surface area contributed by atoms with E-state index in [0.717, 1.165) is 22.4 Å². The topological polar surface area (TPSA) is 60.5 Å². The van der Waals surface area contributed by atoms with Gasteiger partial charge in [0.05, 0.1) is 5.92 Å². The largest absolute Gasteiger partial charge is 0.468 e. The third-order valence-electron chi connectivity index (χ3n) is 5.11. The van der Waals surface area contributed by atoms with Crippen LogP contribution in [0.25, 0.3) is 11.5 Å². The van der Waals surface area contributed by atoms with Crippen LogP contribution in [0.5, 0.6) is 5.75 Å². The summed E-state index contributed by atoms with van der Waals surface area (Å²) in [6.45, 7) is 0. The first-order chi connectivity index (χ1) is 15.2. The second kappa shape index (κ2) is 8.53. The van der Waals surface area contributed by atoms with Crippen LogP contribution < -0.4 is 4.74 Å². The number of benzene rings is 3. The van der Waals surface area contributed by atoms with Crippen LogP contribution in [0.4, 0.5) is 0 Å². The van der Waals surface area contributed by atoms with Gasteiger partial charge in [-0.15, -0.1) is 0 Å². The van der Waals surface area contributed by atoms with Crippen LogP contribution in [0.15, 0.2) is 82.3 Å². The molecule has 1 aliphatic heterocycles. The van der Waals surface area contributed by atoms with E-state index in [1.54, 1.807) is 18.3 Å². The maximum atomic E-state index is 6.21. The Morgan fingerprint density at radius 2 is 1.61 bits per heavy atom. The zero-order chi connectivity index (χ0) is 21.2. The van der Waals surface area contributed by atoms with Crippen molar-refractivity contribution in [1.29, 1.82) is 0 Å². The maximum Gasteiger partial charge on any atom is 0.257 e. The van der Waals surface area contributed by atoms with E-state index >= 15 is 0 Å². The van der Waals surface area contributed by atoms with Gasteiger partial charge in [0.15, 0.2) is 12.1 Å². The highest BCUT2D eigenvalue weighted by Gasteiger charge is 2.34. The Bertz CT molecular complexity index is 1220. The summed E-state index contributed by atoms with van der Waals surface area (Å²) in [5, 5.41) is 5.57. The minimum absolute atomic E-state index is 0.191. The lowest BCUT2D eigenvalue weighted by Gasteiger charge is -2.29. The molecule has 2 unspecified atom stereocenters. The summed E-state index contributed by atoms with van der Waals surface area (Å²) in [6.07, 6.45) is 1.99. The Labute approximate surface area is 189 Å². The van der Waals surface area contributed by atoms with Crippen molar-refractivity contribution >= 4 is 29.4 Å². The van der Waals surface area contributed by atoms with E-state index in [0.29, 0.717) is 28.2 Å². The molecule has 0 radical (unpaired) electrons. The lowest BCUT2D eigenvalue weighted by molar-refractivity contribution is 0.153. The molecule has 5 nitrogen and oxygen atoms in total. The van der Waals surface area contributed by atoms with Crippen molar-refractivity contribution in [1.82, 2.24) is 10.1 Å². The Morgan fingerprint density at radius 1 is 0.903 bits per heavy atom. The normalized spacial score (nSPS) is 18.0. The number of aromatic nitrogens is 2. The summed E-state index contributed by atoms with van der Waals surface area (Å²) < 4.78 is 11.7. The first-order valence-corrected chi connectivity index (χ1v) is 10.5. The van der Waals surface area contributed by atoms with Crippen molar-refractivity contribution in [2.24, 2.45) is 4.99 Å². The summed E-state index contributed by atoms with van der Waals surface area (Å²) >= 11 is 12.0. The van der Waals surface area contributed by atoms with E-state index in [4.69, 9.17) is 37.5 Å². The van der Waals surface area contributed by atoms with Gasteiger partial charge in [0, 0.05) is 21.8 Å². The average Bonchev–Trinajstić information content (AvgIpc) is 3.29. The maximum absolute atomic E-state index is 6.21. The average molecular weight is 450 g/mol. The smallest absolute Gasteiger partial charge is 0.257 e. The molecule has 0 saturated carbocycles. The van der Waals surface area contributed by atoms with Crippen LogP contribution in [-0.2, 0) is 6.42 Å². The van der Waals surface area contributed by atoms with Gasteiger partial charge in [-0.05, 0) is 60.0 Å². The second-order valence-corrected chi connectivity index (χ2v) is 8.09. The van der Waals surface area contributed by atoms with Crippen LogP contribution in [0.2, 0.25) is 10.0 Å². The van der Waals surface area contributed by atoms with Crippen molar-refractivity contribution in [3.05, 3.63) is 99.8 Å². The molecule has 3 aromatic carbocycles. The molecule has 154 valence electrons. The second-order valence-electron chi connectivity index (χ2n) is 7.22. The molecule has 31 heavy (non-hydrogen) atoms. The third-order valence-corrected chi connectivity index (χ3v) is 5.61. The van der Waals surface area contributed by atoms with Gasteiger partial charge in [0.1, 0.15) is 5.75 Å². The molecule has 7 heteroatoms. The number of hydrogen-bond donors (Lipinski definition) is 0. The molecule has 4 aromatic rings. The minimum Gasteiger partial charge on any atom is -0.468 e. The predicted octanol–water partition coefficient (Wildman–Crippen LogP) is 6.21. The van der Waals surface area contributed by atoms with Gasteiger partial charge >= 0.3 is 0 Å². The van der Waals surface area contributed by atoms with Crippen molar-refractivity contribution in [3.63, 3.8) is 0 Å². The fourth-order valence-corrected chi connectivity index (χ4v) is 3.75. The van der Waals surface area contributed by atoms with Gasteiger partial charge in [0.2, 0.25) is 0 Å². The summed E-state index contributed by atoms with van der Waals surface area (Å²) in [5.74, 6) is 1.62. The first-order valence-electron chi connectivity index (χ1n) is 9.78. The highest BCUT2D eigenvalue weighted by atomic mass is 35.5. The van der Waals surface area contributed by atoms with E-state index < -0.39 is 6.23 Å². The van der Waals surface area contributed by atoms with Crippen LogP contribution >= 0.6 is 23.2 Å². The van der Waals surface area contributed by atoms with Crippen LogP contribution in [-0.4, -0.2) is 22.6 Å². The molecule has 0 amide bonds. The van der Waals surface area contributed by atoms with Crippen molar-refractivity contribution in [2.45, 2.75) is 18.6 Å². The number of rotatable bonds is 4. The van der Waals surface area contributed by atoms with Gasteiger partial charge in [-0.2, -0.15) is 4.98 Å². The summed E-state index contributed by atoms with van der Waals surface area (Å²) in [4.78, 5) is 9.34. The number of aliphatic imine (C=N–C) groups is 1. The van der Waals surface area contributed by atoms with Crippen molar-refractivity contribution < 1.29 is 9.26 Å². The molecule has 2 heterocycles. The highest BCUT2D eigenvalue weighted by molar-refractivity contribution is 6.30. The fraction of sp³-hybridized carbons (Fsp3) is 0.125. The Balaban J connectivity index is 1.47. The quantitative estimate of drug-likeness (QED) is 0.347. The van der Waals surface area contributed by atoms with E-state index in [1.807, 2.05) is 60.7 Å². The lowest BCUT2D eigenvalue weighted by atomic mass is 9.93. The number of ether oxygens (including phenoxy) is 1. The molecule has 0 saturated heterocycles. The van der Waals surface area contributed by atoms with Crippen LogP contribution in [0.1, 0.15) is 22.9 Å². The third kappa shape index (κ3) is 4.33. The van der Waals surface area contributed by atoms with Gasteiger partial charge in [-0.3, -0.25) is 0 Å². The van der Waals surface area contributed by atoms with E-state index in [9.17, 15) is 0 Å². The molecule has 0 N–H and O–H groups in total. The Kier molecular flexibility index (Phi) is 5.45. The molecule has 1 aliphatic rings. The molecular weight excluding hydrogens is 433 g/mol. The minimum atomic E-state index is -0.485. The van der Waals surface area contributed by atoms with Gasteiger partial charge < -0.3 is 9.26 Å². The van der Waals surface area contributed by atoms with Gasteiger partial charge in [-0.25, -0.2) is 4.99 Å². The van der Waals surface area contributed by atoms with Gasteiger partial charge in [0.25, 0.3) is 5.89 Å². The molecule has 5 rings (SSSR count). The predicted molar refractivity (Wildman–Crippen MR) is 121 cm³/mol. The van der Waals surface area contributed by atoms with E-state index in [1.165, 1.54) is 0 Å². The van der Waals surface area contributed by atoms with E-state index in [2.05, 4.69) is 10.1 Å². The Morgan fingerprint density at radius 3 is 2.39 bits per heavy atom. The number of para-hydroxylation sites is 1. The highest BCUT2D eigenvalue weighted by Crippen LogP contribution is 2.36. The molecule has 0 spiro atoms. The van der Waals surface area contributed by atoms with E-state index in [-0.39, 0.29) is 5.92 Å². The zero-order valence-corrected chi connectivity index (χ0v) is 17.8. The molecule has 1 aromatic heterocycles. The van der Waals surface area contributed by atoms with Crippen molar-refractivity contribution in [2.75, 3.05) is 0 Å². The molecule has 0 fully saturated rings. The standard InChI is InChI=1S/C24H17Cl2N3O2/c25-18-9-5-15(6-10-18)14-27-24-20(13-17-3-1-2-4-21(17)30-24)22-28-23(31-29-22)16-7-11-19(26)12-8-16/h1-12,14,20,24H,13H2. The fourth-order valence-electron chi connectivity index (χ4n) is 3.49. The molecule has 0 bridgehead atoms.